The normalized spacial score (nSPS) is 25.7. The number of morpholine rings is 1. The number of Topliss-reactive ketones (excluding diaryl/α,β-unsaturated/α-hetero) is 1. The van der Waals surface area contributed by atoms with Gasteiger partial charge in [-0.1, -0.05) is 30.3 Å². The molecule has 5 heteroatoms. The van der Waals surface area contributed by atoms with Gasteiger partial charge in [0.25, 0.3) is 0 Å². The van der Waals surface area contributed by atoms with E-state index in [1.54, 1.807) is 25.6 Å². The van der Waals surface area contributed by atoms with E-state index in [1.165, 1.54) is 5.56 Å². The number of methoxy groups -OCH3 is 1. The Morgan fingerprint density at radius 3 is 2.62 bits per heavy atom. The fourth-order valence-corrected chi connectivity index (χ4v) is 4.16. The van der Waals surface area contributed by atoms with Crippen LogP contribution in [0, 0.1) is 5.92 Å². The van der Waals surface area contributed by atoms with Crippen molar-refractivity contribution >= 4 is 5.78 Å². The number of benzene rings is 1. The highest BCUT2D eigenvalue weighted by molar-refractivity contribution is 5.98. The highest BCUT2D eigenvalue weighted by Crippen LogP contribution is 2.34. The van der Waals surface area contributed by atoms with Crippen molar-refractivity contribution in [2.24, 2.45) is 5.92 Å². The molecule has 2 aliphatic heterocycles. The third-order valence-electron chi connectivity index (χ3n) is 5.48. The molecule has 0 spiro atoms. The summed E-state index contributed by atoms with van der Waals surface area (Å²) in [7, 11) is 1.59. The van der Waals surface area contributed by atoms with Crippen molar-refractivity contribution in [2.75, 3.05) is 20.3 Å². The number of aromatic nitrogens is 1. The molecule has 2 aliphatic rings. The Kier molecular flexibility index (Phi) is 5.00. The fraction of sp³-hybridized carbons (Fsp3) is 0.429. The van der Waals surface area contributed by atoms with Crippen molar-refractivity contribution in [3.63, 3.8) is 0 Å². The summed E-state index contributed by atoms with van der Waals surface area (Å²) in [5.41, 5.74) is 1.95. The molecule has 1 aromatic carbocycles. The van der Waals surface area contributed by atoms with Gasteiger partial charge in [-0.15, -0.1) is 0 Å². The average molecular weight is 352 g/mol. The van der Waals surface area contributed by atoms with Gasteiger partial charge in [0.05, 0.1) is 26.5 Å². The van der Waals surface area contributed by atoms with E-state index < -0.39 is 0 Å². The maximum atomic E-state index is 13.0. The van der Waals surface area contributed by atoms with Gasteiger partial charge in [0.15, 0.2) is 5.78 Å². The third-order valence-corrected chi connectivity index (χ3v) is 5.48. The molecule has 2 aromatic rings. The largest absolute Gasteiger partial charge is 0.495 e. The van der Waals surface area contributed by atoms with E-state index in [-0.39, 0.29) is 23.8 Å². The summed E-state index contributed by atoms with van der Waals surface area (Å²) < 4.78 is 11.0. The second-order valence-electron chi connectivity index (χ2n) is 7.15. The number of ether oxygens (including phenoxy) is 2. The number of hydrogen-bond acceptors (Lipinski definition) is 5. The maximum Gasteiger partial charge on any atom is 0.167 e. The van der Waals surface area contributed by atoms with Crippen LogP contribution in [0.3, 0.4) is 0 Å². The van der Waals surface area contributed by atoms with Crippen molar-refractivity contribution in [1.29, 1.82) is 0 Å². The molecule has 4 rings (SSSR count). The van der Waals surface area contributed by atoms with Crippen LogP contribution in [0.1, 0.15) is 28.8 Å². The van der Waals surface area contributed by atoms with Gasteiger partial charge < -0.3 is 9.47 Å². The van der Waals surface area contributed by atoms with E-state index in [1.807, 2.05) is 6.07 Å². The highest BCUT2D eigenvalue weighted by atomic mass is 16.5. The van der Waals surface area contributed by atoms with Crippen LogP contribution < -0.4 is 4.74 Å². The number of ketones is 1. The van der Waals surface area contributed by atoms with Gasteiger partial charge >= 0.3 is 0 Å². The zero-order valence-electron chi connectivity index (χ0n) is 15.0. The van der Waals surface area contributed by atoms with Crippen LogP contribution in [0.15, 0.2) is 48.8 Å². The number of hydrogen-bond donors (Lipinski definition) is 0. The predicted octanol–water partition coefficient (Wildman–Crippen LogP) is 2.95. The molecule has 0 radical (unpaired) electrons. The number of fused-ring (bicyclic) bond motifs is 2. The minimum Gasteiger partial charge on any atom is -0.495 e. The van der Waals surface area contributed by atoms with Gasteiger partial charge in [-0.05, 0) is 24.5 Å². The Hall–Kier alpha value is -2.24. The van der Waals surface area contributed by atoms with Gasteiger partial charge in [-0.25, -0.2) is 0 Å². The monoisotopic (exact) mass is 352 g/mol. The molecule has 0 saturated carbocycles. The summed E-state index contributed by atoms with van der Waals surface area (Å²) in [6.07, 6.45) is 4.94. The molecule has 136 valence electrons. The van der Waals surface area contributed by atoms with Crippen LogP contribution >= 0.6 is 0 Å². The van der Waals surface area contributed by atoms with E-state index in [2.05, 4.69) is 34.1 Å². The van der Waals surface area contributed by atoms with Crippen LogP contribution in [-0.2, 0) is 11.3 Å². The summed E-state index contributed by atoms with van der Waals surface area (Å²) >= 11 is 0. The number of nitrogens with zero attached hydrogens (tertiary/aromatic N) is 2. The van der Waals surface area contributed by atoms with Crippen molar-refractivity contribution in [2.45, 2.75) is 31.5 Å². The lowest BCUT2D eigenvalue weighted by Crippen LogP contribution is -2.57. The number of carbonyl (C=O) groups excluding carboxylic acids is 1. The Balaban J connectivity index is 1.49. The van der Waals surface area contributed by atoms with Crippen molar-refractivity contribution in [1.82, 2.24) is 9.88 Å². The molecule has 0 aliphatic carbocycles. The first-order chi connectivity index (χ1) is 12.7. The fourth-order valence-electron chi connectivity index (χ4n) is 4.16. The molecule has 3 heterocycles. The maximum absolute atomic E-state index is 13.0. The van der Waals surface area contributed by atoms with Gasteiger partial charge in [-0.2, -0.15) is 0 Å². The zero-order valence-corrected chi connectivity index (χ0v) is 15.0. The SMILES string of the molecule is COc1cncc(C(=O)C2CC3COCC(C2)N3Cc2ccccc2)c1. The van der Waals surface area contributed by atoms with Crippen molar-refractivity contribution < 1.29 is 14.3 Å². The smallest absolute Gasteiger partial charge is 0.167 e. The van der Waals surface area contributed by atoms with E-state index >= 15 is 0 Å². The average Bonchev–Trinajstić information content (AvgIpc) is 2.68. The Labute approximate surface area is 153 Å². The minimum atomic E-state index is 0.0230. The second-order valence-corrected chi connectivity index (χ2v) is 7.15. The van der Waals surface area contributed by atoms with Crippen LogP contribution in [0.25, 0.3) is 0 Å². The summed E-state index contributed by atoms with van der Waals surface area (Å²) in [5.74, 6) is 0.823. The molecule has 2 fully saturated rings. The first-order valence-electron chi connectivity index (χ1n) is 9.15. The predicted molar refractivity (Wildman–Crippen MR) is 98.2 cm³/mol. The number of carbonyl (C=O) groups is 1. The van der Waals surface area contributed by atoms with Gasteiger partial charge in [0.1, 0.15) is 5.75 Å². The van der Waals surface area contributed by atoms with E-state index in [0.717, 1.165) is 19.4 Å². The number of rotatable bonds is 5. The molecule has 26 heavy (non-hydrogen) atoms. The molecule has 5 nitrogen and oxygen atoms in total. The molecular weight excluding hydrogens is 328 g/mol. The van der Waals surface area contributed by atoms with Gasteiger partial charge in [0, 0.05) is 36.3 Å². The quantitative estimate of drug-likeness (QED) is 0.775. The minimum absolute atomic E-state index is 0.0230. The topological polar surface area (TPSA) is 51.7 Å². The molecular formula is C21H24N2O3. The van der Waals surface area contributed by atoms with Crippen LogP contribution in [-0.4, -0.2) is 48.1 Å². The lowest BCUT2D eigenvalue weighted by Gasteiger charge is -2.48. The summed E-state index contributed by atoms with van der Waals surface area (Å²) in [4.78, 5) is 19.7. The molecule has 0 amide bonds. The molecule has 1 aromatic heterocycles. The second kappa shape index (κ2) is 7.56. The Bertz CT molecular complexity index is 751. The summed E-state index contributed by atoms with van der Waals surface area (Å²) in [6, 6.07) is 12.9. The van der Waals surface area contributed by atoms with E-state index in [9.17, 15) is 4.79 Å². The van der Waals surface area contributed by atoms with Crippen LogP contribution in [0.2, 0.25) is 0 Å². The standard InChI is InChI=1S/C21H24N2O3/c1-25-20-9-17(10-22-11-20)21(24)16-7-18-13-26-14-19(8-16)23(18)12-15-5-3-2-4-6-15/h2-6,9-11,16,18-19H,7-8,12-14H2,1H3. The molecule has 0 N–H and O–H groups in total. The van der Waals surface area contributed by atoms with Crippen LogP contribution in [0.5, 0.6) is 5.75 Å². The van der Waals surface area contributed by atoms with Crippen molar-refractivity contribution in [3.8, 4) is 5.75 Å². The van der Waals surface area contributed by atoms with Crippen LogP contribution in [0.4, 0.5) is 0 Å². The number of pyridine rings is 1. The summed E-state index contributed by atoms with van der Waals surface area (Å²) in [6.45, 7) is 2.31. The Morgan fingerprint density at radius 2 is 1.92 bits per heavy atom. The third kappa shape index (κ3) is 3.50. The number of piperidine rings is 1. The zero-order chi connectivity index (χ0) is 17.9. The first kappa shape index (κ1) is 17.2. The molecule has 2 saturated heterocycles. The van der Waals surface area contributed by atoms with E-state index in [4.69, 9.17) is 9.47 Å². The molecule has 2 bridgehead atoms. The lowest BCUT2D eigenvalue weighted by molar-refractivity contribution is -0.0872. The van der Waals surface area contributed by atoms with E-state index in [0.29, 0.717) is 24.5 Å². The lowest BCUT2D eigenvalue weighted by atomic mass is 9.80. The first-order valence-corrected chi connectivity index (χ1v) is 9.15. The Morgan fingerprint density at radius 1 is 1.19 bits per heavy atom. The highest BCUT2D eigenvalue weighted by Gasteiger charge is 2.41. The molecule has 2 atom stereocenters. The van der Waals surface area contributed by atoms with Gasteiger partial charge in [0.2, 0.25) is 0 Å². The summed E-state index contributed by atoms with van der Waals surface area (Å²) in [5, 5.41) is 0. The molecule has 2 unspecified atom stereocenters. The van der Waals surface area contributed by atoms with Gasteiger partial charge in [-0.3, -0.25) is 14.7 Å². The van der Waals surface area contributed by atoms with Crippen molar-refractivity contribution in [3.05, 3.63) is 59.9 Å².